The highest BCUT2D eigenvalue weighted by molar-refractivity contribution is 6.18. The maximum absolute atomic E-state index is 13.7. The third kappa shape index (κ3) is 9.39. The summed E-state index contributed by atoms with van der Waals surface area (Å²) in [5.41, 5.74) is 3.81. The standard InChI is InChI=1S/C40H58N2O4/c1-5-9-13-17-25-41(26-18-14-10-6-2)31-21-23-33-35(29-31)38(46-40(33)44)39-37(43)34-24-22-32(30-36(34)45-39)42(27-19-15-11-7-3)28-20-16-12-8-4/h21-24,29-30H,5-20,25-28H2,1-4H3/b39-38-. The molecule has 4 rings (SSSR count). The second kappa shape index (κ2) is 18.8. The number of carbonyl (C=O) groups is 2. The molecule has 0 fully saturated rings. The van der Waals surface area contributed by atoms with Gasteiger partial charge in [-0.2, -0.15) is 0 Å². The summed E-state index contributed by atoms with van der Waals surface area (Å²) < 4.78 is 12.1. The first kappa shape index (κ1) is 35.6. The number of benzene rings is 2. The van der Waals surface area contributed by atoms with Gasteiger partial charge in [0, 0.05) is 49.2 Å². The Morgan fingerprint density at radius 1 is 0.478 bits per heavy atom. The highest BCUT2D eigenvalue weighted by Crippen LogP contribution is 2.42. The number of hydrogen-bond acceptors (Lipinski definition) is 6. The van der Waals surface area contributed by atoms with Gasteiger partial charge in [-0.05, 0) is 56.0 Å². The fraction of sp³-hybridized carbons (Fsp3) is 0.600. The topological polar surface area (TPSA) is 59.1 Å². The number of esters is 1. The van der Waals surface area contributed by atoms with Crippen LogP contribution in [0, 0.1) is 0 Å². The molecule has 0 bridgehead atoms. The summed E-state index contributed by atoms with van der Waals surface area (Å²) in [7, 11) is 0. The second-order valence-corrected chi connectivity index (χ2v) is 13.1. The molecule has 2 aromatic carbocycles. The van der Waals surface area contributed by atoms with Crippen molar-refractivity contribution in [1.82, 2.24) is 0 Å². The first-order valence-electron chi connectivity index (χ1n) is 18.5. The van der Waals surface area contributed by atoms with Crippen molar-refractivity contribution in [3.63, 3.8) is 0 Å². The van der Waals surface area contributed by atoms with Gasteiger partial charge in [-0.15, -0.1) is 0 Å². The van der Waals surface area contributed by atoms with Crippen molar-refractivity contribution in [2.45, 2.75) is 130 Å². The van der Waals surface area contributed by atoms with Crippen molar-refractivity contribution in [3.05, 3.63) is 58.8 Å². The number of anilines is 2. The zero-order chi connectivity index (χ0) is 32.7. The summed E-state index contributed by atoms with van der Waals surface area (Å²) in [5.74, 6) is 0.255. The van der Waals surface area contributed by atoms with Gasteiger partial charge in [0.15, 0.2) is 5.76 Å². The fourth-order valence-electron chi connectivity index (χ4n) is 6.53. The minimum Gasteiger partial charge on any atom is -0.448 e. The van der Waals surface area contributed by atoms with Gasteiger partial charge in [-0.25, -0.2) is 4.79 Å². The Morgan fingerprint density at radius 2 is 0.935 bits per heavy atom. The number of allylic oxidation sites excluding steroid dienone is 1. The Kier molecular flexibility index (Phi) is 14.5. The van der Waals surface area contributed by atoms with Crippen LogP contribution in [0.15, 0.2) is 42.2 Å². The minimum atomic E-state index is -0.431. The molecule has 6 nitrogen and oxygen atoms in total. The van der Waals surface area contributed by atoms with Crippen LogP contribution in [0.2, 0.25) is 0 Å². The molecule has 0 radical (unpaired) electrons. The van der Waals surface area contributed by atoms with Crippen molar-refractivity contribution in [1.29, 1.82) is 0 Å². The number of hydrogen-bond donors (Lipinski definition) is 0. The van der Waals surface area contributed by atoms with Crippen molar-refractivity contribution < 1.29 is 19.1 Å². The van der Waals surface area contributed by atoms with E-state index in [-0.39, 0.29) is 17.3 Å². The van der Waals surface area contributed by atoms with Gasteiger partial charge in [-0.3, -0.25) is 4.79 Å². The molecular formula is C40H58N2O4. The van der Waals surface area contributed by atoms with E-state index in [2.05, 4.69) is 43.6 Å². The Morgan fingerprint density at radius 3 is 1.41 bits per heavy atom. The van der Waals surface area contributed by atoms with E-state index in [0.29, 0.717) is 22.4 Å². The predicted octanol–water partition coefficient (Wildman–Crippen LogP) is 10.7. The number of unbranched alkanes of at least 4 members (excludes halogenated alkanes) is 12. The summed E-state index contributed by atoms with van der Waals surface area (Å²) in [6, 6.07) is 11.8. The van der Waals surface area contributed by atoms with Gasteiger partial charge < -0.3 is 19.3 Å². The first-order chi connectivity index (χ1) is 22.5. The van der Waals surface area contributed by atoms with E-state index in [1.807, 2.05) is 30.3 Å². The average molecular weight is 631 g/mol. The van der Waals surface area contributed by atoms with Gasteiger partial charge in [0.05, 0.1) is 11.1 Å². The van der Waals surface area contributed by atoms with Crippen molar-refractivity contribution in [3.8, 4) is 5.75 Å². The molecule has 0 unspecified atom stereocenters. The lowest BCUT2D eigenvalue weighted by molar-refractivity contribution is 0.0710. The summed E-state index contributed by atoms with van der Waals surface area (Å²) in [4.78, 5) is 31.5. The zero-order valence-corrected chi connectivity index (χ0v) is 29.1. The largest absolute Gasteiger partial charge is 0.448 e. The third-order valence-electron chi connectivity index (χ3n) is 9.35. The molecule has 6 heteroatoms. The lowest BCUT2D eigenvalue weighted by Gasteiger charge is -2.25. The Labute approximate surface area is 278 Å². The summed E-state index contributed by atoms with van der Waals surface area (Å²) in [6.45, 7) is 12.9. The maximum atomic E-state index is 13.7. The SMILES string of the molecule is CCCCCCN(CCCCCC)c1ccc2c(c1)O/C(=C1\OC(=O)c3ccc(N(CCCCCC)CCCCCC)cc31)C2=O. The van der Waals surface area contributed by atoms with E-state index >= 15 is 0 Å². The van der Waals surface area contributed by atoms with Crippen LogP contribution in [-0.2, 0) is 4.74 Å². The Balaban J connectivity index is 1.58. The molecule has 2 aliphatic heterocycles. The second-order valence-electron chi connectivity index (χ2n) is 13.1. The molecule has 2 heterocycles. The van der Waals surface area contributed by atoms with Crippen LogP contribution < -0.4 is 14.5 Å². The molecule has 0 aliphatic carbocycles. The highest BCUT2D eigenvalue weighted by atomic mass is 16.6. The summed E-state index contributed by atoms with van der Waals surface area (Å²) >= 11 is 0. The number of rotatable bonds is 22. The summed E-state index contributed by atoms with van der Waals surface area (Å²) in [6.07, 6.45) is 19.3. The Bertz CT molecular complexity index is 1290. The van der Waals surface area contributed by atoms with Crippen molar-refractivity contribution >= 4 is 28.9 Å². The minimum absolute atomic E-state index is 0.117. The number of fused-ring (bicyclic) bond motifs is 2. The van der Waals surface area contributed by atoms with Crippen LogP contribution >= 0.6 is 0 Å². The van der Waals surface area contributed by atoms with Crippen molar-refractivity contribution in [2.75, 3.05) is 36.0 Å². The molecular weight excluding hydrogens is 572 g/mol. The third-order valence-corrected chi connectivity index (χ3v) is 9.35. The number of carbonyl (C=O) groups excluding carboxylic acids is 2. The van der Waals surface area contributed by atoms with Crippen molar-refractivity contribution in [2.24, 2.45) is 0 Å². The van der Waals surface area contributed by atoms with Crippen LogP contribution in [0.3, 0.4) is 0 Å². The average Bonchev–Trinajstić information content (AvgIpc) is 3.58. The van der Waals surface area contributed by atoms with E-state index in [1.54, 1.807) is 0 Å². The van der Waals surface area contributed by atoms with E-state index in [9.17, 15) is 9.59 Å². The van der Waals surface area contributed by atoms with E-state index in [1.165, 1.54) is 77.0 Å². The smallest absolute Gasteiger partial charge is 0.344 e. The molecule has 252 valence electrons. The quantitative estimate of drug-likeness (QED) is 0.0733. The lowest BCUT2D eigenvalue weighted by atomic mass is 10.0. The van der Waals surface area contributed by atoms with Crippen LogP contribution in [0.5, 0.6) is 5.75 Å². The monoisotopic (exact) mass is 630 g/mol. The molecule has 2 aliphatic rings. The molecule has 0 saturated carbocycles. The normalized spacial score (nSPS) is 15.1. The molecule has 46 heavy (non-hydrogen) atoms. The number of nitrogens with zero attached hydrogens (tertiary/aromatic N) is 2. The molecule has 0 saturated heterocycles. The molecule has 0 atom stereocenters. The number of ether oxygens (including phenoxy) is 2. The molecule has 2 aromatic rings. The van der Waals surface area contributed by atoms with E-state index in [0.717, 1.165) is 63.2 Å². The van der Waals surface area contributed by atoms with Crippen LogP contribution in [0.25, 0.3) is 5.76 Å². The number of cyclic esters (lactones) is 1. The van der Waals surface area contributed by atoms with E-state index in [4.69, 9.17) is 9.47 Å². The van der Waals surface area contributed by atoms with Crippen LogP contribution in [-0.4, -0.2) is 37.9 Å². The van der Waals surface area contributed by atoms with Gasteiger partial charge in [0.25, 0.3) is 0 Å². The zero-order valence-electron chi connectivity index (χ0n) is 29.1. The molecule has 0 amide bonds. The van der Waals surface area contributed by atoms with Gasteiger partial charge >= 0.3 is 5.97 Å². The maximum Gasteiger partial charge on any atom is 0.344 e. The van der Waals surface area contributed by atoms with Crippen LogP contribution in [0.1, 0.15) is 157 Å². The van der Waals surface area contributed by atoms with Crippen LogP contribution in [0.4, 0.5) is 11.4 Å². The first-order valence-corrected chi connectivity index (χ1v) is 18.5. The Hall–Kier alpha value is -3.28. The highest BCUT2D eigenvalue weighted by Gasteiger charge is 2.38. The van der Waals surface area contributed by atoms with Gasteiger partial charge in [0.1, 0.15) is 5.75 Å². The molecule has 0 spiro atoms. The predicted molar refractivity (Wildman–Crippen MR) is 191 cm³/mol. The van der Waals surface area contributed by atoms with Gasteiger partial charge in [-0.1, -0.05) is 105 Å². The lowest BCUT2D eigenvalue weighted by Crippen LogP contribution is -2.26. The summed E-state index contributed by atoms with van der Waals surface area (Å²) in [5, 5.41) is 0. The number of ketones is 1. The molecule has 0 N–H and O–H groups in total. The number of Topliss-reactive ketones (excluding diaryl/α,β-unsaturated/α-hetero) is 1. The van der Waals surface area contributed by atoms with Gasteiger partial charge in [0.2, 0.25) is 11.5 Å². The molecule has 0 aromatic heterocycles. The fourth-order valence-corrected chi connectivity index (χ4v) is 6.53. The van der Waals surface area contributed by atoms with E-state index < -0.39 is 5.97 Å².